The molecule has 0 N–H and O–H groups in total. The molecule has 1 atom stereocenters. The molecule has 0 aromatic carbocycles. The SMILES string of the molecule is CC(C)(C)c1nc(CN(C[C@H]2CCOC2)C2CC2)no1. The standard InChI is InChI=1S/C15H25N3O2/c1-15(2,3)14-16-13(17-20-14)9-18(12-4-5-12)8-11-6-7-19-10-11/h11-12H,4-10H2,1-3H3/t11-/m1/s1. The van der Waals surface area contributed by atoms with Crippen molar-refractivity contribution in [2.45, 2.75) is 58.0 Å². The molecule has 0 bridgehead atoms. The highest BCUT2D eigenvalue weighted by atomic mass is 16.5. The summed E-state index contributed by atoms with van der Waals surface area (Å²) in [5.41, 5.74) is -0.0745. The number of ether oxygens (including phenoxy) is 1. The Morgan fingerprint density at radius 2 is 2.05 bits per heavy atom. The molecule has 20 heavy (non-hydrogen) atoms. The Bertz CT molecular complexity index is 442. The summed E-state index contributed by atoms with van der Waals surface area (Å²) in [5, 5.41) is 4.15. The van der Waals surface area contributed by atoms with Crippen molar-refractivity contribution in [3.63, 3.8) is 0 Å². The zero-order chi connectivity index (χ0) is 14.2. The van der Waals surface area contributed by atoms with E-state index in [1.807, 2.05) is 0 Å². The van der Waals surface area contributed by atoms with Crippen molar-refractivity contribution in [1.82, 2.24) is 15.0 Å². The monoisotopic (exact) mass is 279 g/mol. The molecule has 1 aromatic heterocycles. The van der Waals surface area contributed by atoms with Crippen molar-refractivity contribution in [2.75, 3.05) is 19.8 Å². The summed E-state index contributed by atoms with van der Waals surface area (Å²) < 4.78 is 10.9. The lowest BCUT2D eigenvalue weighted by Gasteiger charge is -2.23. The molecule has 0 amide bonds. The van der Waals surface area contributed by atoms with Crippen LogP contribution >= 0.6 is 0 Å². The first-order chi connectivity index (χ1) is 9.52. The molecule has 2 aliphatic rings. The molecule has 112 valence electrons. The average Bonchev–Trinajstić information content (AvgIpc) is 2.88. The van der Waals surface area contributed by atoms with Crippen molar-refractivity contribution >= 4 is 0 Å². The van der Waals surface area contributed by atoms with E-state index in [0.717, 1.165) is 38.0 Å². The molecule has 1 saturated carbocycles. The quantitative estimate of drug-likeness (QED) is 0.828. The molecule has 2 heterocycles. The van der Waals surface area contributed by atoms with E-state index < -0.39 is 0 Å². The van der Waals surface area contributed by atoms with Crippen molar-refractivity contribution in [2.24, 2.45) is 5.92 Å². The van der Waals surface area contributed by atoms with Crippen LogP contribution in [0.1, 0.15) is 51.7 Å². The van der Waals surface area contributed by atoms with Crippen molar-refractivity contribution in [1.29, 1.82) is 0 Å². The molecular weight excluding hydrogens is 254 g/mol. The zero-order valence-electron chi connectivity index (χ0n) is 12.8. The van der Waals surface area contributed by atoms with Gasteiger partial charge >= 0.3 is 0 Å². The third kappa shape index (κ3) is 3.38. The predicted molar refractivity (Wildman–Crippen MR) is 75.4 cm³/mol. The molecule has 1 aliphatic carbocycles. The van der Waals surface area contributed by atoms with Gasteiger partial charge in [-0.25, -0.2) is 0 Å². The Hall–Kier alpha value is -0.940. The second-order valence-electron chi connectivity index (χ2n) is 7.16. The fraction of sp³-hybridized carbons (Fsp3) is 0.867. The number of aromatic nitrogens is 2. The second-order valence-corrected chi connectivity index (χ2v) is 7.16. The van der Waals surface area contributed by atoms with Crippen LogP contribution < -0.4 is 0 Å². The lowest BCUT2D eigenvalue weighted by Crippen LogP contribution is -2.32. The summed E-state index contributed by atoms with van der Waals surface area (Å²) in [6, 6.07) is 0.715. The van der Waals surface area contributed by atoms with Crippen molar-refractivity contribution in [3.8, 4) is 0 Å². The highest BCUT2D eigenvalue weighted by molar-refractivity contribution is 4.99. The third-order valence-electron chi connectivity index (χ3n) is 4.03. The lowest BCUT2D eigenvalue weighted by atomic mass is 9.97. The Morgan fingerprint density at radius 1 is 1.25 bits per heavy atom. The van der Waals surface area contributed by atoms with E-state index in [1.165, 1.54) is 19.3 Å². The zero-order valence-corrected chi connectivity index (χ0v) is 12.8. The molecule has 1 saturated heterocycles. The van der Waals surface area contributed by atoms with Crippen LogP contribution in [0.3, 0.4) is 0 Å². The molecular formula is C15H25N3O2. The molecule has 0 spiro atoms. The molecule has 1 aromatic rings. The van der Waals surface area contributed by atoms with E-state index in [4.69, 9.17) is 9.26 Å². The Morgan fingerprint density at radius 3 is 2.60 bits per heavy atom. The topological polar surface area (TPSA) is 51.4 Å². The first-order valence-electron chi connectivity index (χ1n) is 7.67. The van der Waals surface area contributed by atoms with Gasteiger partial charge in [-0.15, -0.1) is 0 Å². The summed E-state index contributed by atoms with van der Waals surface area (Å²) >= 11 is 0. The van der Waals surface area contributed by atoms with Crippen LogP contribution in [0, 0.1) is 5.92 Å². The summed E-state index contributed by atoms with van der Waals surface area (Å²) in [4.78, 5) is 7.07. The normalized spacial score (nSPS) is 23.7. The number of nitrogens with zero attached hydrogens (tertiary/aromatic N) is 3. The van der Waals surface area contributed by atoms with Crippen LogP contribution in [0.2, 0.25) is 0 Å². The van der Waals surface area contributed by atoms with Crippen LogP contribution in [0.15, 0.2) is 4.52 Å². The molecule has 5 nitrogen and oxygen atoms in total. The summed E-state index contributed by atoms with van der Waals surface area (Å²) in [6.07, 6.45) is 3.79. The van der Waals surface area contributed by atoms with Gasteiger partial charge in [-0.3, -0.25) is 4.90 Å². The van der Waals surface area contributed by atoms with E-state index in [0.29, 0.717) is 12.0 Å². The van der Waals surface area contributed by atoms with E-state index in [-0.39, 0.29) is 5.41 Å². The third-order valence-corrected chi connectivity index (χ3v) is 4.03. The molecule has 5 heteroatoms. The maximum Gasteiger partial charge on any atom is 0.232 e. The Labute approximate surface area is 120 Å². The molecule has 3 rings (SSSR count). The van der Waals surface area contributed by atoms with Crippen LogP contribution in [-0.4, -0.2) is 40.8 Å². The van der Waals surface area contributed by atoms with Gasteiger partial charge in [0.25, 0.3) is 0 Å². The van der Waals surface area contributed by atoms with Gasteiger partial charge in [0.1, 0.15) is 0 Å². The van der Waals surface area contributed by atoms with Crippen LogP contribution in [0.25, 0.3) is 0 Å². The van der Waals surface area contributed by atoms with Gasteiger partial charge in [0, 0.05) is 24.6 Å². The van der Waals surface area contributed by atoms with E-state index in [9.17, 15) is 0 Å². The predicted octanol–water partition coefficient (Wildman–Crippen LogP) is 2.37. The minimum atomic E-state index is -0.0745. The summed E-state index contributed by atoms with van der Waals surface area (Å²) in [6.45, 7) is 10.0. The van der Waals surface area contributed by atoms with Gasteiger partial charge in [-0.1, -0.05) is 25.9 Å². The fourth-order valence-electron chi connectivity index (χ4n) is 2.65. The van der Waals surface area contributed by atoms with Gasteiger partial charge in [0.2, 0.25) is 5.89 Å². The maximum absolute atomic E-state index is 5.48. The largest absolute Gasteiger partial charge is 0.381 e. The summed E-state index contributed by atoms with van der Waals surface area (Å²) in [5.74, 6) is 2.22. The maximum atomic E-state index is 5.48. The average molecular weight is 279 g/mol. The first kappa shape index (κ1) is 14.0. The van der Waals surface area contributed by atoms with Gasteiger partial charge < -0.3 is 9.26 Å². The van der Waals surface area contributed by atoms with Crippen molar-refractivity contribution < 1.29 is 9.26 Å². The highest BCUT2D eigenvalue weighted by Gasteiger charge is 2.33. The van der Waals surface area contributed by atoms with Crippen LogP contribution in [-0.2, 0) is 16.7 Å². The molecule has 1 aliphatic heterocycles. The van der Waals surface area contributed by atoms with E-state index in [2.05, 4.69) is 35.8 Å². The van der Waals surface area contributed by atoms with Gasteiger partial charge in [-0.2, -0.15) is 4.98 Å². The van der Waals surface area contributed by atoms with Crippen LogP contribution in [0.4, 0.5) is 0 Å². The molecule has 2 fully saturated rings. The van der Waals surface area contributed by atoms with Gasteiger partial charge in [0.05, 0.1) is 13.2 Å². The Balaban J connectivity index is 1.62. The van der Waals surface area contributed by atoms with Gasteiger partial charge in [-0.05, 0) is 25.2 Å². The number of hydrogen-bond donors (Lipinski definition) is 0. The number of hydrogen-bond acceptors (Lipinski definition) is 5. The fourth-order valence-corrected chi connectivity index (χ4v) is 2.65. The van der Waals surface area contributed by atoms with Gasteiger partial charge in [0.15, 0.2) is 5.82 Å². The van der Waals surface area contributed by atoms with Crippen molar-refractivity contribution in [3.05, 3.63) is 11.7 Å². The van der Waals surface area contributed by atoms with E-state index in [1.54, 1.807) is 0 Å². The summed E-state index contributed by atoms with van der Waals surface area (Å²) in [7, 11) is 0. The first-order valence-corrected chi connectivity index (χ1v) is 7.67. The minimum absolute atomic E-state index is 0.0745. The molecule has 0 radical (unpaired) electrons. The Kier molecular flexibility index (Phi) is 3.82. The van der Waals surface area contributed by atoms with Crippen LogP contribution in [0.5, 0.6) is 0 Å². The molecule has 0 unspecified atom stereocenters. The lowest BCUT2D eigenvalue weighted by molar-refractivity contribution is 0.159. The highest BCUT2D eigenvalue weighted by Crippen LogP contribution is 2.30. The minimum Gasteiger partial charge on any atom is -0.381 e. The smallest absolute Gasteiger partial charge is 0.232 e. The number of rotatable bonds is 5. The van der Waals surface area contributed by atoms with E-state index >= 15 is 0 Å². The second kappa shape index (κ2) is 5.45.